The van der Waals surface area contributed by atoms with E-state index in [1.54, 1.807) is 6.92 Å². The first-order valence-corrected chi connectivity index (χ1v) is 17.0. The Morgan fingerprint density at radius 3 is 2.21 bits per heavy atom. The Morgan fingerprint density at radius 2 is 1.61 bits per heavy atom. The highest BCUT2D eigenvalue weighted by molar-refractivity contribution is 7.90. The van der Waals surface area contributed by atoms with E-state index in [9.17, 15) is 23.1 Å². The topological polar surface area (TPSA) is 116 Å². The van der Waals surface area contributed by atoms with Gasteiger partial charge in [-0.25, -0.2) is 8.42 Å². The summed E-state index contributed by atoms with van der Waals surface area (Å²) in [5, 5.41) is 17.8. The van der Waals surface area contributed by atoms with E-state index in [0.717, 1.165) is 51.3 Å². The van der Waals surface area contributed by atoms with Crippen LogP contribution in [0.3, 0.4) is 0 Å². The van der Waals surface area contributed by atoms with Crippen molar-refractivity contribution in [2.75, 3.05) is 25.1 Å². The van der Waals surface area contributed by atoms with Crippen molar-refractivity contribution in [3.05, 3.63) is 0 Å². The number of nitrogens with one attached hydrogen (secondary N) is 2. The Bertz CT molecular complexity index is 896. The second-order valence-corrected chi connectivity index (χ2v) is 15.8. The van der Waals surface area contributed by atoms with Crippen molar-refractivity contribution in [2.45, 2.75) is 122 Å². The highest BCUT2D eigenvalue weighted by Crippen LogP contribution is 2.39. The molecule has 3 fully saturated rings. The number of fused-ring (bicyclic) bond motifs is 1. The van der Waals surface area contributed by atoms with Gasteiger partial charge in [0.05, 0.1) is 23.9 Å². The fourth-order valence-electron chi connectivity index (χ4n) is 6.94. The van der Waals surface area contributed by atoms with Crippen LogP contribution in [0.5, 0.6) is 0 Å². The van der Waals surface area contributed by atoms with Gasteiger partial charge >= 0.3 is 0 Å². The minimum Gasteiger partial charge on any atom is -0.390 e. The Hall–Kier alpha value is -1.19. The van der Waals surface area contributed by atoms with Crippen molar-refractivity contribution in [2.24, 2.45) is 23.7 Å². The van der Waals surface area contributed by atoms with Gasteiger partial charge in [0.2, 0.25) is 11.8 Å². The minimum atomic E-state index is -3.29. The monoisotopic (exact) mass is 555 g/mol. The fraction of sp³-hybridized carbons (Fsp3) is 0.931. The van der Waals surface area contributed by atoms with E-state index in [1.807, 2.05) is 20.8 Å². The second kappa shape index (κ2) is 13.4. The van der Waals surface area contributed by atoms with Crippen molar-refractivity contribution >= 4 is 21.7 Å². The van der Waals surface area contributed by atoms with Gasteiger partial charge in [-0.2, -0.15) is 0 Å². The summed E-state index contributed by atoms with van der Waals surface area (Å²) >= 11 is 0. The molecular weight excluding hydrogens is 502 g/mol. The molecular formula is C29H53N3O5S. The Morgan fingerprint density at radius 1 is 1.00 bits per heavy atom. The van der Waals surface area contributed by atoms with Gasteiger partial charge in [0.1, 0.15) is 9.84 Å². The summed E-state index contributed by atoms with van der Waals surface area (Å²) in [6.07, 6.45) is 12.3. The Kier molecular flexibility index (Phi) is 11.1. The minimum absolute atomic E-state index is 0.0170. The van der Waals surface area contributed by atoms with Crippen LogP contribution in [0.2, 0.25) is 0 Å². The molecule has 1 aliphatic heterocycles. The number of piperidine rings is 1. The lowest BCUT2D eigenvalue weighted by atomic mass is 9.72. The summed E-state index contributed by atoms with van der Waals surface area (Å²) in [5.74, 6) is 0.298. The Balaban J connectivity index is 1.76. The molecule has 6 atom stereocenters. The van der Waals surface area contributed by atoms with E-state index in [4.69, 9.17) is 0 Å². The molecule has 2 amide bonds. The molecule has 0 bridgehead atoms. The molecule has 38 heavy (non-hydrogen) atoms. The zero-order valence-electron chi connectivity index (χ0n) is 24.4. The zero-order valence-corrected chi connectivity index (χ0v) is 25.2. The maximum absolute atomic E-state index is 13.4. The Labute approximate surface area is 231 Å². The molecule has 9 heteroatoms. The number of hydrogen-bond donors (Lipinski definition) is 3. The summed E-state index contributed by atoms with van der Waals surface area (Å²) < 4.78 is 23.6. The van der Waals surface area contributed by atoms with Gasteiger partial charge in [-0.3, -0.25) is 14.5 Å². The van der Waals surface area contributed by atoms with Crippen molar-refractivity contribution in [3.63, 3.8) is 0 Å². The molecule has 2 aliphatic carbocycles. The molecule has 0 unspecified atom stereocenters. The molecule has 0 aromatic rings. The molecule has 3 rings (SSSR count). The quantitative estimate of drug-likeness (QED) is 0.381. The fourth-order valence-corrected chi connectivity index (χ4v) is 8.00. The van der Waals surface area contributed by atoms with Crippen molar-refractivity contribution in [1.29, 1.82) is 0 Å². The van der Waals surface area contributed by atoms with E-state index in [0.29, 0.717) is 30.7 Å². The predicted molar refractivity (Wildman–Crippen MR) is 151 cm³/mol. The van der Waals surface area contributed by atoms with Crippen LogP contribution in [0.4, 0.5) is 0 Å². The number of likely N-dealkylation sites (tertiary alicyclic amines) is 1. The number of nitrogens with zero attached hydrogens (tertiary/aromatic N) is 1. The summed E-state index contributed by atoms with van der Waals surface area (Å²) in [6.45, 7) is 8.71. The average molecular weight is 556 g/mol. The van der Waals surface area contributed by atoms with E-state index in [-0.39, 0.29) is 29.1 Å². The number of carbonyl (C=O) groups excluding carboxylic acids is 2. The van der Waals surface area contributed by atoms with E-state index >= 15 is 0 Å². The van der Waals surface area contributed by atoms with E-state index < -0.39 is 27.9 Å². The highest BCUT2D eigenvalue weighted by Gasteiger charge is 2.42. The molecule has 0 spiro atoms. The third-order valence-electron chi connectivity index (χ3n) is 8.83. The van der Waals surface area contributed by atoms with Gasteiger partial charge < -0.3 is 15.7 Å². The van der Waals surface area contributed by atoms with E-state index in [2.05, 4.69) is 15.5 Å². The smallest absolute Gasteiger partial charge is 0.237 e. The maximum atomic E-state index is 13.4. The van der Waals surface area contributed by atoms with Crippen LogP contribution in [-0.2, 0) is 19.4 Å². The number of hydrogen-bond acceptors (Lipinski definition) is 6. The number of rotatable bonds is 10. The van der Waals surface area contributed by atoms with Crippen molar-refractivity contribution in [3.8, 4) is 0 Å². The lowest BCUT2D eigenvalue weighted by Gasteiger charge is -2.47. The summed E-state index contributed by atoms with van der Waals surface area (Å²) in [4.78, 5) is 28.6. The number of sulfone groups is 1. The summed E-state index contributed by atoms with van der Waals surface area (Å²) in [6, 6.07) is -0.763. The van der Waals surface area contributed by atoms with Gasteiger partial charge in [-0.05, 0) is 57.8 Å². The van der Waals surface area contributed by atoms with Crippen LogP contribution in [-0.4, -0.2) is 79.1 Å². The maximum Gasteiger partial charge on any atom is 0.237 e. The van der Waals surface area contributed by atoms with Gasteiger partial charge in [-0.1, -0.05) is 58.3 Å². The molecule has 1 heterocycles. The lowest BCUT2D eigenvalue weighted by Crippen LogP contribution is -2.60. The van der Waals surface area contributed by atoms with Gasteiger partial charge in [-0.15, -0.1) is 0 Å². The third-order valence-corrected chi connectivity index (χ3v) is 9.93. The second-order valence-electron chi connectivity index (χ2n) is 13.7. The molecule has 220 valence electrons. The van der Waals surface area contributed by atoms with Crippen molar-refractivity contribution < 1.29 is 23.1 Å². The number of aliphatic hydroxyl groups excluding tert-OH is 1. The van der Waals surface area contributed by atoms with Crippen LogP contribution >= 0.6 is 0 Å². The largest absolute Gasteiger partial charge is 0.390 e. The summed E-state index contributed by atoms with van der Waals surface area (Å²) in [7, 11) is -3.29. The number of β-amino-alcohol motifs (C(OH)–C–C–N with tert-alkyl or cyclic N) is 1. The first kappa shape index (κ1) is 31.3. The molecule has 3 aliphatic rings. The number of carbonyl (C=O) groups is 2. The molecule has 2 saturated carbocycles. The van der Waals surface area contributed by atoms with Crippen LogP contribution in [0.25, 0.3) is 0 Å². The van der Waals surface area contributed by atoms with Gasteiger partial charge in [0.15, 0.2) is 0 Å². The third kappa shape index (κ3) is 9.77. The zero-order chi connectivity index (χ0) is 28.1. The molecule has 8 nitrogen and oxygen atoms in total. The standard InChI is InChI=1S/C29H53N3O5S/c1-20(19-38(5,36)37)27(34)30-24(15-21-11-7-6-8-12-21)26(33)18-32-17-23-14-10-9-13-22(23)16-25(32)28(35)31-29(2,3)4/h20-26,33H,6-19H2,1-5H3,(H,30,34)(H,31,35)/t20-,22-,23+,24-,25+,26+/m0/s1. The van der Waals surface area contributed by atoms with Gasteiger partial charge in [0, 0.05) is 30.8 Å². The van der Waals surface area contributed by atoms with E-state index in [1.165, 1.54) is 25.7 Å². The first-order valence-electron chi connectivity index (χ1n) is 14.9. The summed E-state index contributed by atoms with van der Waals surface area (Å²) in [5.41, 5.74) is -0.335. The first-order chi connectivity index (χ1) is 17.7. The van der Waals surface area contributed by atoms with Crippen LogP contribution in [0.1, 0.15) is 98.3 Å². The molecule has 0 radical (unpaired) electrons. The molecule has 0 aromatic heterocycles. The van der Waals surface area contributed by atoms with Crippen LogP contribution < -0.4 is 10.6 Å². The van der Waals surface area contributed by atoms with Gasteiger partial charge in [0.25, 0.3) is 0 Å². The average Bonchev–Trinajstić information content (AvgIpc) is 2.81. The normalized spacial score (nSPS) is 28.1. The molecule has 1 saturated heterocycles. The predicted octanol–water partition coefficient (Wildman–Crippen LogP) is 3.28. The van der Waals surface area contributed by atoms with Crippen molar-refractivity contribution in [1.82, 2.24) is 15.5 Å². The SMILES string of the molecule is C[C@@H](CS(C)(=O)=O)C(=O)N[C@@H](CC1CCCCC1)[C@H](O)CN1C[C@H]2CCCC[C@H]2C[C@@H]1C(=O)NC(C)(C)C. The molecule has 3 N–H and O–H groups in total. The highest BCUT2D eigenvalue weighted by atomic mass is 32.2. The van der Waals surface area contributed by atoms with Crippen LogP contribution in [0.15, 0.2) is 0 Å². The lowest BCUT2D eigenvalue weighted by molar-refractivity contribution is -0.133. The number of amides is 2. The molecule has 0 aromatic carbocycles. The number of aliphatic hydroxyl groups is 1. The van der Waals surface area contributed by atoms with Crippen LogP contribution in [0, 0.1) is 23.7 Å².